The average Bonchev–Trinajstić information content (AvgIpc) is 3.97. The lowest BCUT2D eigenvalue weighted by Crippen LogP contribution is -2.50. The lowest BCUT2D eigenvalue weighted by atomic mass is 9.75. The molecule has 13 nitrogen and oxygen atoms in total. The minimum Gasteiger partial charge on any atom is -0.447 e. The Bertz CT molecular complexity index is 2180. The number of nitrogens with two attached hydrogens (primary N) is 1. The van der Waals surface area contributed by atoms with Crippen molar-refractivity contribution in [3.63, 3.8) is 0 Å². The first-order chi connectivity index (χ1) is 25.8. The molecule has 2 fully saturated rings. The van der Waals surface area contributed by atoms with Crippen LogP contribution in [0.25, 0.3) is 16.9 Å². The minimum absolute atomic E-state index is 0.00256. The Hall–Kier alpha value is -5.20. The predicted octanol–water partition coefficient (Wildman–Crippen LogP) is 6.94. The number of carbonyl (C=O) groups excluding carboxylic acids is 2. The van der Waals surface area contributed by atoms with Gasteiger partial charge in [0.25, 0.3) is 12.3 Å². The third-order valence-electron chi connectivity index (χ3n) is 9.69. The van der Waals surface area contributed by atoms with Crippen LogP contribution in [0, 0.1) is 11.2 Å². The maximum absolute atomic E-state index is 16.0. The zero-order valence-corrected chi connectivity index (χ0v) is 30.4. The average molecular weight is 793 g/mol. The molecule has 1 aliphatic heterocycles. The van der Waals surface area contributed by atoms with Crippen LogP contribution in [0.5, 0.6) is 0 Å². The molecule has 2 aromatic carbocycles. The minimum atomic E-state index is -4.75. The number of carbonyl (C=O) groups is 2. The first-order valence-corrected chi connectivity index (χ1v) is 17.6. The fourth-order valence-corrected chi connectivity index (χ4v) is 6.93. The molecule has 2 aliphatic carbocycles. The Morgan fingerprint density at radius 2 is 1.84 bits per heavy atom. The maximum atomic E-state index is 16.0. The molecule has 7 rings (SSSR count). The van der Waals surface area contributed by atoms with Crippen LogP contribution in [0.4, 0.5) is 31.1 Å². The van der Waals surface area contributed by atoms with Crippen LogP contribution in [-0.4, -0.2) is 70.9 Å². The summed E-state index contributed by atoms with van der Waals surface area (Å²) >= 11 is 6.42. The molecular formula is C35H35ClF6N10O3. The second kappa shape index (κ2) is 13.5. The van der Waals surface area contributed by atoms with Crippen LogP contribution in [0.2, 0.25) is 5.02 Å². The van der Waals surface area contributed by atoms with E-state index < -0.39 is 65.4 Å². The quantitative estimate of drug-likeness (QED) is 0.155. The Kier molecular flexibility index (Phi) is 9.37. The van der Waals surface area contributed by atoms with Crippen molar-refractivity contribution in [3.05, 3.63) is 76.7 Å². The van der Waals surface area contributed by atoms with Crippen molar-refractivity contribution in [2.24, 2.45) is 16.1 Å². The highest BCUT2D eigenvalue weighted by Gasteiger charge is 2.64. The van der Waals surface area contributed by atoms with E-state index in [0.717, 1.165) is 34.8 Å². The fraction of sp³-hybridized carbons (Fsp3) is 0.457. The summed E-state index contributed by atoms with van der Waals surface area (Å²) in [6.07, 6.45) is -5.77. The number of amides is 2. The lowest BCUT2D eigenvalue weighted by molar-refractivity contribution is -0.164. The van der Waals surface area contributed by atoms with Gasteiger partial charge < -0.3 is 15.8 Å². The number of hydrogen-bond acceptors (Lipinski definition) is 9. The number of alkyl halides is 5. The van der Waals surface area contributed by atoms with Crippen LogP contribution in [0.3, 0.4) is 0 Å². The van der Waals surface area contributed by atoms with Gasteiger partial charge in [0.15, 0.2) is 17.3 Å². The second-order valence-electron chi connectivity index (χ2n) is 15.1. The molecular weight excluding hydrogens is 758 g/mol. The SMILES string of the molecule is CC(C)(C)C[C@]1(c2ccc(-c3cnn(C4CC4)n3)c(F)c2)N=C(N)N([C@H](COC(=O)NC2(C(F)(F)F)CC2)c2ccc(Cl)c(-n3ncnc3C(F)F)c2)C1=O. The molecule has 2 atom stereocenters. The molecule has 0 radical (unpaired) electrons. The summed E-state index contributed by atoms with van der Waals surface area (Å²) in [5.41, 5.74) is 2.14. The van der Waals surface area contributed by atoms with Crippen LogP contribution in [0.15, 0.2) is 53.9 Å². The summed E-state index contributed by atoms with van der Waals surface area (Å²) in [4.78, 5) is 38.6. The highest BCUT2D eigenvalue weighted by molar-refractivity contribution is 6.32. The van der Waals surface area contributed by atoms with E-state index in [-0.39, 0.29) is 64.4 Å². The number of benzene rings is 2. The lowest BCUT2D eigenvalue weighted by Gasteiger charge is -2.35. The standard InChI is InChI=1S/C35H35ClF6N10O3/c1-32(2,3)16-34(19-5-8-21(23(37)13-19)24-14-45-52(49-24)20-6-7-20)29(53)50(30(43)47-34)26(15-55-31(54)48-33(10-11-33)35(40,41)42)18-4-9-22(36)25(12-18)51-28(27(38)39)44-17-46-51/h4-5,8-9,12-14,17,20,26-27H,6-7,10-11,15-16H2,1-3H3,(H2,43,47)(H,48,54)/t26-,34-/m1/s1. The van der Waals surface area contributed by atoms with Gasteiger partial charge in [-0.15, -0.1) is 0 Å². The van der Waals surface area contributed by atoms with Gasteiger partial charge in [-0.2, -0.15) is 33.3 Å². The number of aliphatic imine (C=N–C) groups is 1. The Morgan fingerprint density at radius 1 is 1.11 bits per heavy atom. The van der Waals surface area contributed by atoms with Gasteiger partial charge in [0.05, 0.1) is 29.0 Å². The molecule has 2 amide bonds. The highest BCUT2D eigenvalue weighted by Crippen LogP contribution is 2.49. The number of rotatable bonds is 11. The Balaban J connectivity index is 1.28. The summed E-state index contributed by atoms with van der Waals surface area (Å²) in [6.45, 7) is 4.72. The molecule has 292 valence electrons. The van der Waals surface area contributed by atoms with E-state index in [0.29, 0.717) is 0 Å². The molecule has 0 spiro atoms. The number of aromatic nitrogens is 6. The van der Waals surface area contributed by atoms with Crippen LogP contribution >= 0.6 is 11.6 Å². The number of nitrogens with one attached hydrogen (secondary N) is 1. The summed E-state index contributed by atoms with van der Waals surface area (Å²) in [5, 5.41) is 14.3. The van der Waals surface area contributed by atoms with E-state index in [4.69, 9.17) is 22.1 Å². The number of hydrogen-bond donors (Lipinski definition) is 2. The molecule has 55 heavy (non-hydrogen) atoms. The maximum Gasteiger partial charge on any atom is 0.411 e. The fourth-order valence-electron chi connectivity index (χ4n) is 6.73. The molecule has 0 unspecified atom stereocenters. The Labute approximate surface area is 314 Å². The molecule has 4 aromatic rings. The summed E-state index contributed by atoms with van der Waals surface area (Å²) < 4.78 is 90.8. The van der Waals surface area contributed by atoms with Gasteiger partial charge in [-0.1, -0.05) is 44.5 Å². The van der Waals surface area contributed by atoms with Crippen molar-refractivity contribution < 1.29 is 40.7 Å². The number of alkyl carbamates (subject to hydrolysis) is 1. The summed E-state index contributed by atoms with van der Waals surface area (Å²) in [6, 6.07) is 6.87. The van der Waals surface area contributed by atoms with Crippen molar-refractivity contribution >= 4 is 29.6 Å². The molecule has 3 aliphatic rings. The van der Waals surface area contributed by atoms with Gasteiger partial charge in [-0.3, -0.25) is 9.69 Å². The second-order valence-corrected chi connectivity index (χ2v) is 15.5. The van der Waals surface area contributed by atoms with Crippen LogP contribution < -0.4 is 11.1 Å². The number of halogens is 7. The van der Waals surface area contributed by atoms with Crippen molar-refractivity contribution in [2.75, 3.05) is 6.61 Å². The molecule has 2 aromatic heterocycles. The van der Waals surface area contributed by atoms with Gasteiger partial charge in [0.1, 0.15) is 30.0 Å². The monoisotopic (exact) mass is 792 g/mol. The highest BCUT2D eigenvalue weighted by atomic mass is 35.5. The zero-order chi connectivity index (χ0) is 39.7. The smallest absolute Gasteiger partial charge is 0.411 e. The predicted molar refractivity (Wildman–Crippen MR) is 184 cm³/mol. The van der Waals surface area contributed by atoms with E-state index in [1.165, 1.54) is 41.3 Å². The summed E-state index contributed by atoms with van der Waals surface area (Å²) in [5.74, 6) is -2.63. The first-order valence-electron chi connectivity index (χ1n) is 17.2. The third-order valence-corrected chi connectivity index (χ3v) is 10.0. The van der Waals surface area contributed by atoms with Gasteiger partial charge in [-0.05, 0) is 72.9 Å². The van der Waals surface area contributed by atoms with E-state index in [9.17, 15) is 31.5 Å². The van der Waals surface area contributed by atoms with E-state index >= 15 is 4.39 Å². The summed E-state index contributed by atoms with van der Waals surface area (Å²) in [7, 11) is 0. The topological polar surface area (TPSA) is 158 Å². The molecule has 3 N–H and O–H groups in total. The molecule has 20 heteroatoms. The normalized spacial score (nSPS) is 20.2. The van der Waals surface area contributed by atoms with Gasteiger partial charge in [0, 0.05) is 5.56 Å². The Morgan fingerprint density at radius 3 is 2.45 bits per heavy atom. The van der Waals surface area contributed by atoms with Gasteiger partial charge in [-0.25, -0.2) is 32.6 Å². The third kappa shape index (κ3) is 7.20. The molecule has 0 saturated heterocycles. The van der Waals surface area contributed by atoms with Crippen molar-refractivity contribution in [1.82, 2.24) is 40.0 Å². The van der Waals surface area contributed by atoms with E-state index in [1.807, 2.05) is 26.1 Å². The molecule has 2 saturated carbocycles. The van der Waals surface area contributed by atoms with Crippen molar-refractivity contribution in [2.45, 2.75) is 88.6 Å². The number of nitrogens with zero attached hydrogens (tertiary/aromatic N) is 8. The zero-order valence-electron chi connectivity index (χ0n) is 29.6. The van der Waals surface area contributed by atoms with E-state index in [1.54, 1.807) is 0 Å². The largest absolute Gasteiger partial charge is 0.447 e. The number of ether oxygens (including phenoxy) is 1. The van der Waals surface area contributed by atoms with Crippen molar-refractivity contribution in [3.8, 4) is 16.9 Å². The first kappa shape index (κ1) is 38.1. The van der Waals surface area contributed by atoms with Crippen molar-refractivity contribution in [1.29, 1.82) is 0 Å². The van der Waals surface area contributed by atoms with Gasteiger partial charge >= 0.3 is 12.3 Å². The molecule has 3 heterocycles. The van der Waals surface area contributed by atoms with Crippen LogP contribution in [0.1, 0.15) is 88.3 Å². The van der Waals surface area contributed by atoms with E-state index in [2.05, 4.69) is 25.3 Å². The number of guanidine groups is 1. The van der Waals surface area contributed by atoms with Crippen LogP contribution in [-0.2, 0) is 15.1 Å². The van der Waals surface area contributed by atoms with Gasteiger partial charge in [0.2, 0.25) is 0 Å². The molecule has 0 bridgehead atoms.